The minimum atomic E-state index is 0.0924. The van der Waals surface area contributed by atoms with Crippen LogP contribution in [-0.4, -0.2) is 48.0 Å². The Morgan fingerprint density at radius 3 is 2.30 bits per heavy atom. The van der Waals surface area contributed by atoms with Gasteiger partial charge in [0.2, 0.25) is 12.3 Å². The van der Waals surface area contributed by atoms with Crippen molar-refractivity contribution in [3.05, 3.63) is 58.7 Å². The van der Waals surface area contributed by atoms with Gasteiger partial charge in [-0.1, -0.05) is 120 Å². The van der Waals surface area contributed by atoms with E-state index in [1.54, 1.807) is 12.7 Å². The van der Waals surface area contributed by atoms with Crippen LogP contribution in [0.5, 0.6) is 0 Å². The SMILES string of the molecule is CCCCCC(C(C)C=C(C)Cc1ccccc1)N(C=O)OC.CCCCN1C(=O)C[C@@H](C)CCC(C)=C(C)CC1CCC. The van der Waals surface area contributed by atoms with Gasteiger partial charge in [-0.2, -0.15) is 0 Å². The molecule has 0 bridgehead atoms. The van der Waals surface area contributed by atoms with E-state index in [1.807, 2.05) is 6.07 Å². The van der Waals surface area contributed by atoms with Crippen molar-refractivity contribution in [2.75, 3.05) is 13.7 Å². The lowest BCUT2D eigenvalue weighted by molar-refractivity contribution is -0.178. The fraction of sp³-hybridized carbons (Fsp3) is 0.692. The summed E-state index contributed by atoms with van der Waals surface area (Å²) in [5, 5.41) is 1.46. The fourth-order valence-corrected chi connectivity index (χ4v) is 6.28. The number of hydrogen-bond donors (Lipinski definition) is 0. The molecule has 2 rings (SSSR count). The summed E-state index contributed by atoms with van der Waals surface area (Å²) in [6.45, 7) is 18.7. The molecule has 1 aliphatic rings. The quantitative estimate of drug-likeness (QED) is 0.0810. The lowest BCUT2D eigenvalue weighted by Gasteiger charge is -2.34. The number of hydroxylamine groups is 2. The topological polar surface area (TPSA) is 49.9 Å². The average Bonchev–Trinajstić information content (AvgIpc) is 3.00. The molecule has 0 N–H and O–H groups in total. The van der Waals surface area contributed by atoms with Crippen LogP contribution in [-0.2, 0) is 20.8 Å². The van der Waals surface area contributed by atoms with Crippen LogP contribution in [0.15, 0.2) is 53.1 Å². The number of carbonyl (C=O) groups is 2. The molecule has 0 fully saturated rings. The van der Waals surface area contributed by atoms with Crippen LogP contribution in [0.3, 0.4) is 0 Å². The van der Waals surface area contributed by atoms with Gasteiger partial charge in [0, 0.05) is 19.0 Å². The molecule has 3 unspecified atom stereocenters. The van der Waals surface area contributed by atoms with Crippen LogP contribution < -0.4 is 0 Å². The number of nitrogens with zero attached hydrogens (tertiary/aromatic N) is 2. The maximum absolute atomic E-state index is 12.7. The third kappa shape index (κ3) is 15.1. The highest BCUT2D eigenvalue weighted by atomic mass is 16.7. The largest absolute Gasteiger partial charge is 0.339 e. The summed E-state index contributed by atoms with van der Waals surface area (Å²) >= 11 is 0. The minimum absolute atomic E-state index is 0.0924. The second-order valence-electron chi connectivity index (χ2n) is 13.2. The molecular weight excluding hydrogens is 544 g/mol. The first-order valence-corrected chi connectivity index (χ1v) is 17.5. The Bertz CT molecular complexity index is 986. The Morgan fingerprint density at radius 1 is 1.02 bits per heavy atom. The van der Waals surface area contributed by atoms with Crippen LogP contribution in [0.25, 0.3) is 0 Å². The molecule has 5 heteroatoms. The highest BCUT2D eigenvalue weighted by Gasteiger charge is 2.26. The number of unbranched alkanes of at least 4 members (excludes halogenated alkanes) is 3. The van der Waals surface area contributed by atoms with Gasteiger partial charge in [0.15, 0.2) is 0 Å². The van der Waals surface area contributed by atoms with Crippen molar-refractivity contribution in [2.24, 2.45) is 11.8 Å². The molecule has 250 valence electrons. The lowest BCUT2D eigenvalue weighted by atomic mass is 9.90. The Morgan fingerprint density at radius 2 is 1.70 bits per heavy atom. The maximum atomic E-state index is 12.7. The van der Waals surface area contributed by atoms with E-state index in [0.717, 1.165) is 83.6 Å². The zero-order valence-corrected chi connectivity index (χ0v) is 29.9. The van der Waals surface area contributed by atoms with Crippen molar-refractivity contribution in [1.29, 1.82) is 0 Å². The third-order valence-corrected chi connectivity index (χ3v) is 9.17. The van der Waals surface area contributed by atoms with Gasteiger partial charge in [0.1, 0.15) is 0 Å². The number of allylic oxidation sites excluding steroid dienone is 2. The van der Waals surface area contributed by atoms with Gasteiger partial charge < -0.3 is 4.90 Å². The van der Waals surface area contributed by atoms with Crippen molar-refractivity contribution >= 4 is 12.3 Å². The summed E-state index contributed by atoms with van der Waals surface area (Å²) in [5.41, 5.74) is 5.70. The van der Waals surface area contributed by atoms with Crippen molar-refractivity contribution in [2.45, 2.75) is 151 Å². The Labute approximate surface area is 271 Å². The molecule has 1 aromatic rings. The highest BCUT2D eigenvalue weighted by molar-refractivity contribution is 5.76. The van der Waals surface area contributed by atoms with Crippen LogP contribution in [0.2, 0.25) is 0 Å². The van der Waals surface area contributed by atoms with Crippen molar-refractivity contribution in [3.63, 3.8) is 0 Å². The fourth-order valence-electron chi connectivity index (χ4n) is 6.28. The predicted octanol–water partition coefficient (Wildman–Crippen LogP) is 10.1. The standard InChI is InChI=1S/C20H31NO2.C19H35NO/c1-5-6-8-13-20(21(16-22)23-4)18(3)14-17(2)15-19-11-9-7-10-12-19;1-6-8-12-20-18(9-7-2)14-17(5)16(4)11-10-15(3)13-19(20)21/h7,9-12,14,16,18,20H,5-6,8,13,15H2,1-4H3;15,18H,6-14H2,1-5H3/t;15-,18?/m.0/s1. The van der Waals surface area contributed by atoms with E-state index in [2.05, 4.69) is 90.6 Å². The molecule has 0 radical (unpaired) electrons. The van der Waals surface area contributed by atoms with Crippen molar-refractivity contribution in [1.82, 2.24) is 9.96 Å². The lowest BCUT2D eigenvalue weighted by Crippen LogP contribution is -2.42. The second kappa shape index (κ2) is 23.0. The molecule has 0 saturated heterocycles. The Kier molecular flexibility index (Phi) is 20.7. The van der Waals surface area contributed by atoms with Gasteiger partial charge in [-0.3, -0.25) is 14.4 Å². The minimum Gasteiger partial charge on any atom is -0.339 e. The zero-order chi connectivity index (χ0) is 32.9. The van der Waals surface area contributed by atoms with E-state index >= 15 is 0 Å². The van der Waals surface area contributed by atoms with Gasteiger partial charge >= 0.3 is 0 Å². The molecule has 1 aliphatic heterocycles. The first-order valence-electron chi connectivity index (χ1n) is 17.5. The smallest absolute Gasteiger partial charge is 0.233 e. The maximum Gasteiger partial charge on any atom is 0.233 e. The van der Waals surface area contributed by atoms with Gasteiger partial charge in [-0.05, 0) is 83.1 Å². The summed E-state index contributed by atoms with van der Waals surface area (Å²) in [6.07, 6.45) is 17.2. The van der Waals surface area contributed by atoms with Crippen LogP contribution in [0, 0.1) is 11.8 Å². The number of rotatable bonds is 16. The Balaban J connectivity index is 0.000000442. The third-order valence-electron chi connectivity index (χ3n) is 9.17. The molecule has 1 heterocycles. The molecule has 0 saturated carbocycles. The van der Waals surface area contributed by atoms with Crippen LogP contribution in [0.1, 0.15) is 138 Å². The summed E-state index contributed by atoms with van der Waals surface area (Å²) in [6, 6.07) is 11.0. The van der Waals surface area contributed by atoms with E-state index in [4.69, 9.17) is 4.84 Å². The van der Waals surface area contributed by atoms with E-state index in [0.29, 0.717) is 17.9 Å². The van der Waals surface area contributed by atoms with Crippen molar-refractivity contribution in [3.8, 4) is 0 Å². The van der Waals surface area contributed by atoms with Gasteiger partial charge in [0.25, 0.3) is 0 Å². The molecule has 2 amide bonds. The predicted molar refractivity (Wildman–Crippen MR) is 187 cm³/mol. The normalized spacial score (nSPS) is 19.6. The van der Waals surface area contributed by atoms with E-state index < -0.39 is 0 Å². The first-order chi connectivity index (χ1) is 21.1. The summed E-state index contributed by atoms with van der Waals surface area (Å²) in [4.78, 5) is 31.5. The van der Waals surface area contributed by atoms with Crippen LogP contribution in [0.4, 0.5) is 0 Å². The molecule has 0 aromatic heterocycles. The number of carbonyl (C=O) groups excluding carboxylic acids is 2. The monoisotopic (exact) mass is 611 g/mol. The molecule has 4 atom stereocenters. The molecule has 0 aliphatic carbocycles. The molecule has 0 spiro atoms. The summed E-state index contributed by atoms with van der Waals surface area (Å²) < 4.78 is 0. The highest BCUT2D eigenvalue weighted by Crippen LogP contribution is 2.27. The number of hydrogen-bond acceptors (Lipinski definition) is 3. The average molecular weight is 611 g/mol. The summed E-state index contributed by atoms with van der Waals surface area (Å²) in [7, 11) is 1.56. The number of amides is 2. The summed E-state index contributed by atoms with van der Waals surface area (Å²) in [5.74, 6) is 1.16. The first kappa shape index (κ1) is 39.6. The molecule has 5 nitrogen and oxygen atoms in total. The van der Waals surface area contributed by atoms with E-state index in [9.17, 15) is 9.59 Å². The van der Waals surface area contributed by atoms with Gasteiger partial charge in [0.05, 0.1) is 13.2 Å². The van der Waals surface area contributed by atoms with Crippen LogP contribution >= 0.6 is 0 Å². The van der Waals surface area contributed by atoms with Gasteiger partial charge in [-0.25, -0.2) is 5.06 Å². The molecular formula is C39H66N2O3. The van der Waals surface area contributed by atoms with E-state index in [-0.39, 0.29) is 12.0 Å². The van der Waals surface area contributed by atoms with Crippen molar-refractivity contribution < 1.29 is 14.4 Å². The molecule has 1 aromatic carbocycles. The van der Waals surface area contributed by atoms with E-state index in [1.165, 1.54) is 34.6 Å². The second-order valence-corrected chi connectivity index (χ2v) is 13.2. The molecule has 44 heavy (non-hydrogen) atoms. The Hall–Kier alpha value is -2.40. The van der Waals surface area contributed by atoms with Gasteiger partial charge in [-0.15, -0.1) is 0 Å². The zero-order valence-electron chi connectivity index (χ0n) is 29.9. The number of benzene rings is 1.